The molecule has 0 fully saturated rings. The first-order valence-corrected chi connectivity index (χ1v) is 15.5. The number of ether oxygens (including phenoxy) is 3. The van der Waals surface area contributed by atoms with Crippen molar-refractivity contribution in [3.8, 4) is 5.75 Å². The Bertz CT molecular complexity index is 1470. The summed E-state index contributed by atoms with van der Waals surface area (Å²) in [6.45, 7) is 9.04. The number of phenols is 1. The van der Waals surface area contributed by atoms with Crippen molar-refractivity contribution in [3.63, 3.8) is 0 Å². The Morgan fingerprint density at radius 3 is 1.87 bits per heavy atom. The first-order valence-electron chi connectivity index (χ1n) is 15.5. The molecule has 0 heterocycles. The summed E-state index contributed by atoms with van der Waals surface area (Å²) in [5, 5.41) is 18.1. The highest BCUT2D eigenvalue weighted by molar-refractivity contribution is 5.90. The molecule has 0 spiro atoms. The fourth-order valence-corrected chi connectivity index (χ4v) is 4.78. The minimum atomic E-state index is -1.11. The highest BCUT2D eigenvalue weighted by Crippen LogP contribution is 2.22. The molecule has 0 aliphatic carbocycles. The second-order valence-electron chi connectivity index (χ2n) is 12.2. The van der Waals surface area contributed by atoms with E-state index in [1.807, 2.05) is 48.5 Å². The van der Waals surface area contributed by atoms with Gasteiger partial charge in [0.15, 0.2) is 0 Å². The second-order valence-corrected chi connectivity index (χ2v) is 12.2. The maximum atomic E-state index is 13.7. The molecule has 0 aliphatic heterocycles. The number of hydrogen-bond donors (Lipinski definition) is 4. The highest BCUT2D eigenvalue weighted by Gasteiger charge is 2.29. The van der Waals surface area contributed by atoms with Crippen LogP contribution in [0.25, 0.3) is 0 Å². The van der Waals surface area contributed by atoms with Crippen molar-refractivity contribution in [1.82, 2.24) is 16.0 Å². The first-order chi connectivity index (χ1) is 22.3. The average Bonchev–Trinajstić information content (AvgIpc) is 3.01. The van der Waals surface area contributed by atoms with E-state index in [1.54, 1.807) is 58.9 Å². The maximum absolute atomic E-state index is 13.7. The molecule has 0 saturated heterocycles. The van der Waals surface area contributed by atoms with Gasteiger partial charge in [0.25, 0.3) is 0 Å². The van der Waals surface area contributed by atoms with Crippen molar-refractivity contribution in [2.75, 3.05) is 6.54 Å². The summed E-state index contributed by atoms with van der Waals surface area (Å²) >= 11 is 0. The molecule has 252 valence electrons. The number of alkyl carbamates (subject to hydrolysis) is 2. The predicted octanol–water partition coefficient (Wildman–Crippen LogP) is 5.38. The van der Waals surface area contributed by atoms with Crippen LogP contribution in [0.1, 0.15) is 61.4 Å². The molecule has 3 amide bonds. The monoisotopic (exact) mass is 647 g/mol. The van der Waals surface area contributed by atoms with Crippen LogP contribution >= 0.6 is 0 Å². The van der Waals surface area contributed by atoms with Gasteiger partial charge in [-0.2, -0.15) is 0 Å². The Balaban J connectivity index is 1.76. The van der Waals surface area contributed by atoms with Crippen molar-refractivity contribution in [3.05, 3.63) is 101 Å². The van der Waals surface area contributed by atoms with E-state index in [2.05, 4.69) is 16.0 Å². The van der Waals surface area contributed by atoms with Gasteiger partial charge in [-0.3, -0.25) is 4.79 Å². The van der Waals surface area contributed by atoms with Crippen molar-refractivity contribution in [1.29, 1.82) is 0 Å². The van der Waals surface area contributed by atoms with E-state index in [1.165, 1.54) is 0 Å². The number of amides is 3. The van der Waals surface area contributed by atoms with Crippen LogP contribution in [0.5, 0.6) is 5.75 Å². The minimum absolute atomic E-state index is 0.00338. The topological polar surface area (TPSA) is 152 Å². The van der Waals surface area contributed by atoms with E-state index in [0.29, 0.717) is 6.42 Å². The highest BCUT2D eigenvalue weighted by atomic mass is 16.6. The third-order valence-corrected chi connectivity index (χ3v) is 7.07. The molecule has 4 N–H and O–H groups in total. The summed E-state index contributed by atoms with van der Waals surface area (Å²) in [4.78, 5) is 52.1. The zero-order chi connectivity index (χ0) is 34.4. The number of hydrogen-bond acceptors (Lipinski definition) is 8. The van der Waals surface area contributed by atoms with Gasteiger partial charge in [0.05, 0.1) is 0 Å². The average molecular weight is 648 g/mol. The molecule has 3 aromatic carbocycles. The third-order valence-electron chi connectivity index (χ3n) is 7.07. The van der Waals surface area contributed by atoms with Gasteiger partial charge in [0.2, 0.25) is 5.91 Å². The summed E-state index contributed by atoms with van der Waals surface area (Å²) in [7, 11) is 0. The summed E-state index contributed by atoms with van der Waals surface area (Å²) < 4.78 is 16.2. The minimum Gasteiger partial charge on any atom is -0.508 e. The van der Waals surface area contributed by atoms with Gasteiger partial charge < -0.3 is 35.3 Å². The van der Waals surface area contributed by atoms with Crippen molar-refractivity contribution in [2.24, 2.45) is 0 Å². The fourth-order valence-electron chi connectivity index (χ4n) is 4.78. The standard InChI is InChI=1S/C36H45N3O8/c1-24-19-28(40)20-25(2)29(24)21-31(33(42)45-22-26-13-8-6-9-14-26)38-32(41)30(17-12-18-37-34(43)47-36(3,4)5)39-35(44)46-23-27-15-10-7-11-16-27/h6-11,13-16,19-20,30-31,40H,12,17-18,21-23H2,1-5H3,(H,37,43)(H,38,41)(H,39,44)/t30-,31+/m1/s1. The number of carbonyl (C=O) groups is 4. The van der Waals surface area contributed by atoms with Crippen LogP contribution in [0.3, 0.4) is 0 Å². The second kappa shape index (κ2) is 17.6. The van der Waals surface area contributed by atoms with E-state index < -0.39 is 41.7 Å². The molecule has 47 heavy (non-hydrogen) atoms. The first kappa shape index (κ1) is 36.4. The molecule has 0 radical (unpaired) electrons. The van der Waals surface area contributed by atoms with E-state index in [0.717, 1.165) is 27.8 Å². The molecule has 0 unspecified atom stereocenters. The Morgan fingerprint density at radius 1 is 0.766 bits per heavy atom. The van der Waals surface area contributed by atoms with Crippen LogP contribution in [0, 0.1) is 13.8 Å². The number of esters is 1. The van der Waals surface area contributed by atoms with Crippen LogP contribution in [-0.4, -0.2) is 53.4 Å². The van der Waals surface area contributed by atoms with E-state index in [4.69, 9.17) is 14.2 Å². The maximum Gasteiger partial charge on any atom is 0.408 e. The normalized spacial score (nSPS) is 12.3. The Morgan fingerprint density at radius 2 is 1.32 bits per heavy atom. The lowest BCUT2D eigenvalue weighted by Gasteiger charge is -2.24. The number of aryl methyl sites for hydroxylation is 2. The SMILES string of the molecule is Cc1cc(O)cc(C)c1C[C@H](NC(=O)[C@@H](CCCNC(=O)OC(C)(C)C)NC(=O)OCc1ccccc1)C(=O)OCc1ccccc1. The molecule has 0 saturated carbocycles. The molecule has 11 nitrogen and oxygen atoms in total. The largest absolute Gasteiger partial charge is 0.508 e. The quantitative estimate of drug-likeness (QED) is 0.103. The van der Waals surface area contributed by atoms with Gasteiger partial charge in [0.1, 0.15) is 36.6 Å². The number of carbonyl (C=O) groups excluding carboxylic acids is 4. The van der Waals surface area contributed by atoms with Crippen LogP contribution in [0.15, 0.2) is 72.8 Å². The third kappa shape index (κ3) is 13.1. The summed E-state index contributed by atoms with van der Waals surface area (Å²) in [5.74, 6) is -1.20. The smallest absolute Gasteiger partial charge is 0.408 e. The van der Waals surface area contributed by atoms with E-state index in [9.17, 15) is 24.3 Å². The number of nitrogens with one attached hydrogen (secondary N) is 3. The molecule has 0 aromatic heterocycles. The lowest BCUT2D eigenvalue weighted by Crippen LogP contribution is -2.52. The van der Waals surface area contributed by atoms with Gasteiger partial charge in [-0.25, -0.2) is 14.4 Å². The molecule has 2 atom stereocenters. The van der Waals surface area contributed by atoms with Gasteiger partial charge in [0, 0.05) is 13.0 Å². The van der Waals surface area contributed by atoms with Crippen LogP contribution in [-0.2, 0) is 43.4 Å². The number of benzene rings is 3. The molecule has 3 aromatic rings. The molecule has 3 rings (SSSR count). The molecule has 11 heteroatoms. The molecule has 0 bridgehead atoms. The fraction of sp³-hybridized carbons (Fsp3) is 0.389. The number of rotatable bonds is 14. The lowest BCUT2D eigenvalue weighted by molar-refractivity contribution is -0.149. The summed E-state index contributed by atoms with van der Waals surface area (Å²) in [5.41, 5.74) is 3.12. The van der Waals surface area contributed by atoms with Crippen LogP contribution in [0.4, 0.5) is 9.59 Å². The molecular weight excluding hydrogens is 602 g/mol. The van der Waals surface area contributed by atoms with Gasteiger partial charge in [-0.05, 0) is 87.4 Å². The zero-order valence-electron chi connectivity index (χ0n) is 27.6. The van der Waals surface area contributed by atoms with Gasteiger partial charge in [-0.15, -0.1) is 0 Å². The summed E-state index contributed by atoms with van der Waals surface area (Å²) in [6.07, 6.45) is -0.916. The predicted molar refractivity (Wildman–Crippen MR) is 176 cm³/mol. The molecule has 0 aliphatic rings. The zero-order valence-corrected chi connectivity index (χ0v) is 27.6. The Kier molecular flexibility index (Phi) is 13.6. The van der Waals surface area contributed by atoms with Crippen molar-refractivity contribution < 1.29 is 38.5 Å². The van der Waals surface area contributed by atoms with Crippen LogP contribution in [0.2, 0.25) is 0 Å². The van der Waals surface area contributed by atoms with Gasteiger partial charge >= 0.3 is 18.2 Å². The van der Waals surface area contributed by atoms with Crippen molar-refractivity contribution in [2.45, 2.75) is 84.8 Å². The number of phenolic OH excluding ortho intramolecular Hbond substituents is 1. The molecular formula is C36H45N3O8. The summed E-state index contributed by atoms with van der Waals surface area (Å²) in [6, 6.07) is 19.2. The Labute approximate surface area is 276 Å². The van der Waals surface area contributed by atoms with Gasteiger partial charge in [-0.1, -0.05) is 60.7 Å². The van der Waals surface area contributed by atoms with Crippen LogP contribution < -0.4 is 16.0 Å². The lowest BCUT2D eigenvalue weighted by atomic mass is 9.95. The van der Waals surface area contributed by atoms with E-state index in [-0.39, 0.29) is 38.3 Å². The Hall–Kier alpha value is -5.06. The number of aromatic hydroxyl groups is 1. The van der Waals surface area contributed by atoms with E-state index >= 15 is 0 Å². The van der Waals surface area contributed by atoms with Crippen molar-refractivity contribution >= 4 is 24.1 Å².